The van der Waals surface area contributed by atoms with E-state index in [1.165, 1.54) is 18.3 Å². The van der Waals surface area contributed by atoms with Crippen molar-refractivity contribution in [2.45, 2.75) is 20.3 Å². The molecule has 7 nitrogen and oxygen atoms in total. The molecule has 0 fully saturated rings. The van der Waals surface area contributed by atoms with Crippen molar-refractivity contribution in [2.75, 3.05) is 18.5 Å². The van der Waals surface area contributed by atoms with E-state index in [2.05, 4.69) is 10.3 Å². The van der Waals surface area contributed by atoms with Crippen LogP contribution in [0.2, 0.25) is 0 Å². The van der Waals surface area contributed by atoms with E-state index >= 15 is 0 Å². The molecule has 0 atom stereocenters. The predicted molar refractivity (Wildman–Crippen MR) is 69.8 cm³/mol. The van der Waals surface area contributed by atoms with Gasteiger partial charge in [-0.15, -0.1) is 0 Å². The van der Waals surface area contributed by atoms with E-state index in [9.17, 15) is 14.9 Å². The highest BCUT2D eigenvalue weighted by atomic mass is 16.6. The second-order valence-corrected chi connectivity index (χ2v) is 4.26. The fourth-order valence-electron chi connectivity index (χ4n) is 1.23. The summed E-state index contributed by atoms with van der Waals surface area (Å²) in [4.78, 5) is 25.0. The van der Waals surface area contributed by atoms with Crippen LogP contribution >= 0.6 is 0 Å². The van der Waals surface area contributed by atoms with Crippen LogP contribution in [0.1, 0.15) is 20.3 Å². The first-order chi connectivity index (χ1) is 9.00. The van der Waals surface area contributed by atoms with Crippen molar-refractivity contribution >= 4 is 17.5 Å². The number of aromatic nitrogens is 1. The van der Waals surface area contributed by atoms with Gasteiger partial charge in [0.25, 0.3) is 5.69 Å². The van der Waals surface area contributed by atoms with Gasteiger partial charge >= 0.3 is 5.97 Å². The van der Waals surface area contributed by atoms with Crippen LogP contribution in [-0.4, -0.2) is 29.0 Å². The first kappa shape index (κ1) is 14.9. The number of ether oxygens (including phenoxy) is 1. The third-order valence-electron chi connectivity index (χ3n) is 2.30. The highest BCUT2D eigenvalue weighted by Crippen LogP contribution is 2.11. The molecule has 1 rings (SSSR count). The summed E-state index contributed by atoms with van der Waals surface area (Å²) < 4.78 is 5.00. The van der Waals surface area contributed by atoms with E-state index in [0.29, 0.717) is 25.4 Å². The highest BCUT2D eigenvalue weighted by Gasteiger charge is 2.07. The van der Waals surface area contributed by atoms with E-state index in [1.807, 2.05) is 0 Å². The number of hydrogen-bond acceptors (Lipinski definition) is 6. The first-order valence-electron chi connectivity index (χ1n) is 6.01. The van der Waals surface area contributed by atoms with Crippen LogP contribution in [-0.2, 0) is 9.53 Å². The number of carbonyl (C=O) groups is 1. The van der Waals surface area contributed by atoms with Crippen LogP contribution in [0, 0.1) is 16.0 Å². The maximum atomic E-state index is 11.2. The summed E-state index contributed by atoms with van der Waals surface area (Å²) in [6.07, 6.45) is 1.85. The molecule has 0 bridgehead atoms. The average Bonchev–Trinajstić information content (AvgIpc) is 2.38. The molecular weight excluding hydrogens is 250 g/mol. The summed E-state index contributed by atoms with van der Waals surface area (Å²) in [5.41, 5.74) is -0.0450. The van der Waals surface area contributed by atoms with Gasteiger partial charge in [-0.2, -0.15) is 0 Å². The van der Waals surface area contributed by atoms with Gasteiger partial charge < -0.3 is 10.1 Å². The number of esters is 1. The smallest absolute Gasteiger partial charge is 0.308 e. The molecule has 0 aromatic carbocycles. The zero-order valence-corrected chi connectivity index (χ0v) is 11.0. The summed E-state index contributed by atoms with van der Waals surface area (Å²) in [6.45, 7) is 4.48. The second-order valence-electron chi connectivity index (χ2n) is 4.26. The largest absolute Gasteiger partial charge is 0.465 e. The third kappa shape index (κ3) is 5.33. The molecule has 1 heterocycles. The standard InChI is InChI=1S/C12H17N3O4/c1-9(2)12(16)19-7-3-6-13-11-5-4-10(8-14-11)15(17)18/h4-5,8-9H,3,6-7H2,1-2H3,(H,13,14). The minimum Gasteiger partial charge on any atom is -0.465 e. The van der Waals surface area contributed by atoms with Crippen LogP contribution in [0.15, 0.2) is 18.3 Å². The number of nitrogens with zero attached hydrogens (tertiary/aromatic N) is 2. The number of nitrogens with one attached hydrogen (secondary N) is 1. The van der Waals surface area contributed by atoms with Crippen molar-refractivity contribution in [3.63, 3.8) is 0 Å². The fourth-order valence-corrected chi connectivity index (χ4v) is 1.23. The van der Waals surface area contributed by atoms with Gasteiger partial charge in [0.05, 0.1) is 17.4 Å². The topological polar surface area (TPSA) is 94.4 Å². The quantitative estimate of drug-likeness (QED) is 0.351. The Morgan fingerprint density at radius 2 is 2.26 bits per heavy atom. The normalized spacial score (nSPS) is 10.3. The zero-order valence-electron chi connectivity index (χ0n) is 11.0. The van der Waals surface area contributed by atoms with Gasteiger partial charge in [0.1, 0.15) is 12.0 Å². The van der Waals surface area contributed by atoms with Gasteiger partial charge in [-0.1, -0.05) is 13.8 Å². The number of pyridine rings is 1. The van der Waals surface area contributed by atoms with Crippen LogP contribution in [0.4, 0.5) is 11.5 Å². The summed E-state index contributed by atoms with van der Waals surface area (Å²) in [7, 11) is 0. The molecule has 0 aliphatic heterocycles. The Kier molecular flexibility index (Phi) is 5.72. The lowest BCUT2D eigenvalue weighted by atomic mass is 10.2. The van der Waals surface area contributed by atoms with Gasteiger partial charge in [0, 0.05) is 12.6 Å². The molecule has 1 aromatic rings. The highest BCUT2D eigenvalue weighted by molar-refractivity contribution is 5.71. The molecule has 0 amide bonds. The lowest BCUT2D eigenvalue weighted by Gasteiger charge is -2.08. The van der Waals surface area contributed by atoms with Crippen molar-refractivity contribution in [2.24, 2.45) is 5.92 Å². The molecule has 0 unspecified atom stereocenters. The number of carbonyl (C=O) groups excluding carboxylic acids is 1. The average molecular weight is 267 g/mol. The Bertz CT molecular complexity index is 431. The molecule has 19 heavy (non-hydrogen) atoms. The Hall–Kier alpha value is -2.18. The van der Waals surface area contributed by atoms with Crippen LogP contribution in [0.3, 0.4) is 0 Å². The van der Waals surface area contributed by atoms with Crippen LogP contribution in [0.5, 0.6) is 0 Å². The van der Waals surface area contributed by atoms with Crippen molar-refractivity contribution in [3.05, 3.63) is 28.4 Å². The first-order valence-corrected chi connectivity index (χ1v) is 6.01. The zero-order chi connectivity index (χ0) is 14.3. The van der Waals surface area contributed by atoms with Crippen LogP contribution in [0.25, 0.3) is 0 Å². The SMILES string of the molecule is CC(C)C(=O)OCCCNc1ccc([N+](=O)[O-])cn1. The van der Waals surface area contributed by atoms with Gasteiger partial charge in [-0.05, 0) is 12.5 Å². The van der Waals surface area contributed by atoms with Crippen LogP contribution < -0.4 is 5.32 Å². The molecule has 104 valence electrons. The van der Waals surface area contributed by atoms with E-state index in [4.69, 9.17) is 4.74 Å². The Morgan fingerprint density at radius 3 is 2.79 bits per heavy atom. The molecular formula is C12H17N3O4. The molecule has 1 N–H and O–H groups in total. The Balaban J connectivity index is 2.22. The predicted octanol–water partition coefficient (Wildman–Crippen LogP) is 1.99. The molecule has 7 heteroatoms. The molecule has 0 radical (unpaired) electrons. The van der Waals surface area contributed by atoms with Crippen molar-refractivity contribution in [1.29, 1.82) is 0 Å². The molecule has 0 saturated carbocycles. The summed E-state index contributed by atoms with van der Waals surface area (Å²) in [5.74, 6) is 0.221. The minimum absolute atomic E-state index is 0.0450. The fraction of sp³-hybridized carbons (Fsp3) is 0.500. The Labute approximate surface area is 111 Å². The molecule has 1 aromatic heterocycles. The molecule has 0 aliphatic carbocycles. The maximum absolute atomic E-state index is 11.2. The lowest BCUT2D eigenvalue weighted by Crippen LogP contribution is -2.14. The summed E-state index contributed by atoms with van der Waals surface area (Å²) in [5, 5.41) is 13.4. The van der Waals surface area contributed by atoms with Crippen molar-refractivity contribution in [1.82, 2.24) is 4.98 Å². The van der Waals surface area contributed by atoms with Gasteiger partial charge in [-0.3, -0.25) is 14.9 Å². The van der Waals surface area contributed by atoms with Gasteiger partial charge in [0.15, 0.2) is 0 Å². The van der Waals surface area contributed by atoms with E-state index in [0.717, 1.165) is 0 Å². The maximum Gasteiger partial charge on any atom is 0.308 e. The minimum atomic E-state index is -0.498. The second kappa shape index (κ2) is 7.30. The van der Waals surface area contributed by atoms with E-state index < -0.39 is 4.92 Å². The van der Waals surface area contributed by atoms with Crippen molar-refractivity contribution in [3.8, 4) is 0 Å². The molecule has 0 spiro atoms. The van der Waals surface area contributed by atoms with Gasteiger partial charge in [-0.25, -0.2) is 4.98 Å². The van der Waals surface area contributed by atoms with E-state index in [1.54, 1.807) is 13.8 Å². The number of rotatable bonds is 7. The van der Waals surface area contributed by atoms with E-state index in [-0.39, 0.29) is 17.6 Å². The number of hydrogen-bond donors (Lipinski definition) is 1. The monoisotopic (exact) mass is 267 g/mol. The molecule has 0 aliphatic rings. The Morgan fingerprint density at radius 1 is 1.53 bits per heavy atom. The molecule has 0 saturated heterocycles. The lowest BCUT2D eigenvalue weighted by molar-refractivity contribution is -0.385. The summed E-state index contributed by atoms with van der Waals surface area (Å²) in [6, 6.07) is 2.92. The van der Waals surface area contributed by atoms with Gasteiger partial charge in [0.2, 0.25) is 0 Å². The third-order valence-corrected chi connectivity index (χ3v) is 2.30. The number of nitro groups is 1. The summed E-state index contributed by atoms with van der Waals surface area (Å²) >= 11 is 0. The van der Waals surface area contributed by atoms with Crippen molar-refractivity contribution < 1.29 is 14.5 Å². The number of anilines is 1.